The summed E-state index contributed by atoms with van der Waals surface area (Å²) >= 11 is 0. The number of nitrogens with two attached hydrogens (primary N) is 1. The predicted molar refractivity (Wildman–Crippen MR) is 64.1 cm³/mol. The van der Waals surface area contributed by atoms with E-state index in [-0.39, 0.29) is 18.4 Å². The molecule has 3 nitrogen and oxygen atoms in total. The van der Waals surface area contributed by atoms with Gasteiger partial charge >= 0.3 is 5.97 Å². The van der Waals surface area contributed by atoms with Crippen molar-refractivity contribution in [2.45, 2.75) is 33.2 Å². The fourth-order valence-electron chi connectivity index (χ4n) is 1.75. The number of carbonyl (C=O) groups is 1. The minimum Gasteiger partial charge on any atom is -0.466 e. The Morgan fingerprint density at radius 3 is 2.69 bits per heavy atom. The van der Waals surface area contributed by atoms with Gasteiger partial charge in [0.25, 0.3) is 0 Å². The second-order valence-electron chi connectivity index (χ2n) is 3.98. The summed E-state index contributed by atoms with van der Waals surface area (Å²) < 4.78 is 4.88. The third kappa shape index (κ3) is 3.35. The van der Waals surface area contributed by atoms with E-state index in [2.05, 4.69) is 6.07 Å². The summed E-state index contributed by atoms with van der Waals surface area (Å²) in [5.74, 6) is -0.241. The van der Waals surface area contributed by atoms with Crippen LogP contribution in [0.15, 0.2) is 18.2 Å². The Morgan fingerprint density at radius 1 is 1.44 bits per heavy atom. The first-order valence-electron chi connectivity index (χ1n) is 5.53. The van der Waals surface area contributed by atoms with Crippen molar-refractivity contribution in [2.24, 2.45) is 5.73 Å². The molecule has 0 fully saturated rings. The molecule has 0 aliphatic rings. The molecule has 1 unspecified atom stereocenters. The summed E-state index contributed by atoms with van der Waals surface area (Å²) in [7, 11) is 0. The van der Waals surface area contributed by atoms with Crippen LogP contribution in [0.3, 0.4) is 0 Å². The summed E-state index contributed by atoms with van der Waals surface area (Å²) in [4.78, 5) is 11.3. The van der Waals surface area contributed by atoms with Crippen LogP contribution in [-0.4, -0.2) is 12.6 Å². The topological polar surface area (TPSA) is 52.3 Å². The SMILES string of the molecule is CCOC(=O)CC(N)c1ccc(C)cc1C. The number of esters is 1. The predicted octanol–water partition coefficient (Wildman–Crippen LogP) is 2.26. The van der Waals surface area contributed by atoms with Gasteiger partial charge < -0.3 is 10.5 Å². The van der Waals surface area contributed by atoms with Crippen LogP contribution in [0.1, 0.15) is 36.1 Å². The minimum atomic E-state index is -0.278. The van der Waals surface area contributed by atoms with Gasteiger partial charge in [0.1, 0.15) is 0 Å². The Kier molecular flexibility index (Phi) is 4.50. The third-order valence-corrected chi connectivity index (χ3v) is 2.52. The van der Waals surface area contributed by atoms with Gasteiger partial charge in [-0.05, 0) is 31.9 Å². The van der Waals surface area contributed by atoms with Crippen LogP contribution < -0.4 is 5.73 Å². The Morgan fingerprint density at radius 2 is 2.12 bits per heavy atom. The van der Waals surface area contributed by atoms with Crippen LogP contribution >= 0.6 is 0 Å². The fourth-order valence-corrected chi connectivity index (χ4v) is 1.75. The average Bonchev–Trinajstić information content (AvgIpc) is 2.17. The van der Waals surface area contributed by atoms with E-state index in [0.717, 1.165) is 11.1 Å². The average molecular weight is 221 g/mol. The maximum absolute atomic E-state index is 11.3. The van der Waals surface area contributed by atoms with E-state index in [1.54, 1.807) is 6.92 Å². The van der Waals surface area contributed by atoms with Crippen molar-refractivity contribution in [2.75, 3.05) is 6.61 Å². The molecule has 1 rings (SSSR count). The zero-order valence-corrected chi connectivity index (χ0v) is 10.1. The summed E-state index contributed by atoms with van der Waals surface area (Å²) in [5, 5.41) is 0. The van der Waals surface area contributed by atoms with Crippen LogP contribution in [0.5, 0.6) is 0 Å². The molecule has 0 spiro atoms. The first kappa shape index (κ1) is 12.7. The zero-order valence-electron chi connectivity index (χ0n) is 10.1. The van der Waals surface area contributed by atoms with Crippen molar-refractivity contribution in [3.63, 3.8) is 0 Å². The molecule has 0 aliphatic heterocycles. The van der Waals surface area contributed by atoms with Crippen molar-refractivity contribution < 1.29 is 9.53 Å². The van der Waals surface area contributed by atoms with E-state index in [4.69, 9.17) is 10.5 Å². The first-order chi connectivity index (χ1) is 7.54. The number of aryl methyl sites for hydroxylation is 2. The molecule has 0 amide bonds. The summed E-state index contributed by atoms with van der Waals surface area (Å²) in [6, 6.07) is 5.78. The maximum atomic E-state index is 11.3. The van der Waals surface area contributed by atoms with E-state index in [0.29, 0.717) is 6.61 Å². The lowest BCUT2D eigenvalue weighted by atomic mass is 9.98. The van der Waals surface area contributed by atoms with E-state index in [9.17, 15) is 4.79 Å². The van der Waals surface area contributed by atoms with Gasteiger partial charge in [0.15, 0.2) is 0 Å². The molecule has 0 heterocycles. The molecule has 1 aromatic rings. The number of benzene rings is 1. The Bertz CT molecular complexity index is 374. The molecular formula is C13H19NO2. The number of rotatable bonds is 4. The standard InChI is InChI=1S/C13H19NO2/c1-4-16-13(15)8-12(14)11-6-5-9(2)7-10(11)3/h5-7,12H,4,8,14H2,1-3H3. The van der Waals surface area contributed by atoms with Gasteiger partial charge in [-0.1, -0.05) is 23.8 Å². The number of hydrogen-bond donors (Lipinski definition) is 1. The van der Waals surface area contributed by atoms with Gasteiger partial charge in [-0.15, -0.1) is 0 Å². The van der Waals surface area contributed by atoms with Crippen LogP contribution in [0.2, 0.25) is 0 Å². The van der Waals surface area contributed by atoms with Crippen molar-refractivity contribution >= 4 is 5.97 Å². The quantitative estimate of drug-likeness (QED) is 0.793. The van der Waals surface area contributed by atoms with Crippen molar-refractivity contribution in [3.05, 3.63) is 34.9 Å². The van der Waals surface area contributed by atoms with Crippen molar-refractivity contribution in [3.8, 4) is 0 Å². The molecule has 0 aliphatic carbocycles. The second-order valence-corrected chi connectivity index (χ2v) is 3.98. The molecule has 1 aromatic carbocycles. The molecule has 3 heteroatoms. The van der Waals surface area contributed by atoms with E-state index >= 15 is 0 Å². The molecule has 88 valence electrons. The van der Waals surface area contributed by atoms with Crippen LogP contribution in [-0.2, 0) is 9.53 Å². The normalized spacial score (nSPS) is 12.2. The van der Waals surface area contributed by atoms with Gasteiger partial charge in [0.05, 0.1) is 13.0 Å². The largest absolute Gasteiger partial charge is 0.466 e. The summed E-state index contributed by atoms with van der Waals surface area (Å²) in [6.07, 6.45) is 0.234. The lowest BCUT2D eigenvalue weighted by Gasteiger charge is -2.14. The van der Waals surface area contributed by atoms with Crippen molar-refractivity contribution in [1.29, 1.82) is 0 Å². The summed E-state index contributed by atoms with van der Waals surface area (Å²) in [6.45, 7) is 6.24. The van der Waals surface area contributed by atoms with Gasteiger partial charge in [0, 0.05) is 6.04 Å². The molecule has 0 saturated carbocycles. The minimum absolute atomic E-state index is 0.234. The third-order valence-electron chi connectivity index (χ3n) is 2.52. The Balaban J connectivity index is 2.72. The lowest BCUT2D eigenvalue weighted by Crippen LogP contribution is -2.18. The Labute approximate surface area is 96.6 Å². The molecule has 0 saturated heterocycles. The Hall–Kier alpha value is -1.35. The van der Waals surface area contributed by atoms with Crippen LogP contribution in [0.25, 0.3) is 0 Å². The highest BCUT2D eigenvalue weighted by Crippen LogP contribution is 2.19. The molecule has 0 radical (unpaired) electrons. The number of carbonyl (C=O) groups excluding carboxylic acids is 1. The van der Waals surface area contributed by atoms with Crippen LogP contribution in [0, 0.1) is 13.8 Å². The van der Waals surface area contributed by atoms with Gasteiger partial charge in [-0.3, -0.25) is 4.79 Å². The molecule has 0 bridgehead atoms. The maximum Gasteiger partial charge on any atom is 0.307 e. The van der Waals surface area contributed by atoms with Gasteiger partial charge in [0.2, 0.25) is 0 Å². The second kappa shape index (κ2) is 5.66. The molecule has 16 heavy (non-hydrogen) atoms. The highest BCUT2D eigenvalue weighted by molar-refractivity contribution is 5.70. The van der Waals surface area contributed by atoms with Gasteiger partial charge in [-0.2, -0.15) is 0 Å². The van der Waals surface area contributed by atoms with Crippen LogP contribution in [0.4, 0.5) is 0 Å². The lowest BCUT2D eigenvalue weighted by molar-refractivity contribution is -0.143. The molecule has 1 atom stereocenters. The first-order valence-corrected chi connectivity index (χ1v) is 5.53. The summed E-state index contributed by atoms with van der Waals surface area (Å²) in [5.41, 5.74) is 9.31. The monoisotopic (exact) mass is 221 g/mol. The van der Waals surface area contributed by atoms with E-state index < -0.39 is 0 Å². The highest BCUT2D eigenvalue weighted by Gasteiger charge is 2.14. The van der Waals surface area contributed by atoms with Gasteiger partial charge in [-0.25, -0.2) is 0 Å². The number of ether oxygens (including phenoxy) is 1. The highest BCUT2D eigenvalue weighted by atomic mass is 16.5. The molecular weight excluding hydrogens is 202 g/mol. The molecule has 2 N–H and O–H groups in total. The smallest absolute Gasteiger partial charge is 0.307 e. The zero-order chi connectivity index (χ0) is 12.1. The van der Waals surface area contributed by atoms with Crippen molar-refractivity contribution in [1.82, 2.24) is 0 Å². The fraction of sp³-hybridized carbons (Fsp3) is 0.462. The van der Waals surface area contributed by atoms with E-state index in [1.807, 2.05) is 26.0 Å². The molecule has 0 aromatic heterocycles. The number of hydrogen-bond acceptors (Lipinski definition) is 3. The van der Waals surface area contributed by atoms with E-state index in [1.165, 1.54) is 5.56 Å².